The summed E-state index contributed by atoms with van der Waals surface area (Å²) in [6.07, 6.45) is 4.34. The highest BCUT2D eigenvalue weighted by Gasteiger charge is 2.21. The number of hydrogen-bond acceptors (Lipinski definition) is 4. The maximum Gasteiger partial charge on any atom is 0.213 e. The molecule has 6 heteroatoms. The molecule has 0 saturated carbocycles. The average molecular weight is 377 g/mol. The summed E-state index contributed by atoms with van der Waals surface area (Å²) in [5.41, 5.74) is 6.95. The van der Waals surface area contributed by atoms with E-state index < -0.39 is 0 Å². The van der Waals surface area contributed by atoms with E-state index in [0.29, 0.717) is 11.9 Å². The number of pyridine rings is 1. The first-order chi connectivity index (χ1) is 13.5. The Morgan fingerprint density at radius 2 is 1.71 bits per heavy atom. The number of fused-ring (bicyclic) bond motifs is 3. The van der Waals surface area contributed by atoms with Crippen LogP contribution in [-0.2, 0) is 0 Å². The van der Waals surface area contributed by atoms with Crippen molar-refractivity contribution in [2.24, 2.45) is 0 Å². The molecule has 4 heterocycles. The SMILES string of the molecule is CCC(CC)n1ccc2c(C)nc3c(-c4ccc(OC)nc4C)c(C)nn3c21. The third-order valence-corrected chi connectivity index (χ3v) is 5.66. The largest absolute Gasteiger partial charge is 0.481 e. The first-order valence-corrected chi connectivity index (χ1v) is 9.88. The van der Waals surface area contributed by atoms with Crippen LogP contribution in [0.1, 0.15) is 49.8 Å². The lowest BCUT2D eigenvalue weighted by Crippen LogP contribution is -2.09. The van der Waals surface area contributed by atoms with Crippen molar-refractivity contribution in [2.75, 3.05) is 7.11 Å². The molecule has 0 aliphatic rings. The Morgan fingerprint density at radius 1 is 0.964 bits per heavy atom. The van der Waals surface area contributed by atoms with Gasteiger partial charge in [-0.1, -0.05) is 13.8 Å². The molecular formula is C22H27N5O. The summed E-state index contributed by atoms with van der Waals surface area (Å²) in [5.74, 6) is 0.615. The lowest BCUT2D eigenvalue weighted by Gasteiger charge is -2.17. The Labute approximate surface area is 165 Å². The van der Waals surface area contributed by atoms with Gasteiger partial charge in [-0.3, -0.25) is 0 Å². The van der Waals surface area contributed by atoms with E-state index in [1.54, 1.807) is 7.11 Å². The zero-order chi connectivity index (χ0) is 20.0. The topological polar surface area (TPSA) is 57.2 Å². The highest BCUT2D eigenvalue weighted by Crippen LogP contribution is 2.34. The second-order valence-electron chi connectivity index (χ2n) is 7.31. The minimum Gasteiger partial charge on any atom is -0.481 e. The van der Waals surface area contributed by atoms with Crippen LogP contribution in [0.25, 0.3) is 27.8 Å². The number of aromatic nitrogens is 5. The van der Waals surface area contributed by atoms with Gasteiger partial charge in [-0.25, -0.2) is 9.97 Å². The maximum atomic E-state index is 5.27. The Kier molecular flexibility index (Phi) is 4.57. The third kappa shape index (κ3) is 2.66. The summed E-state index contributed by atoms with van der Waals surface area (Å²) >= 11 is 0. The quantitative estimate of drug-likeness (QED) is 0.489. The van der Waals surface area contributed by atoms with Gasteiger partial charge in [-0.15, -0.1) is 0 Å². The van der Waals surface area contributed by atoms with Gasteiger partial charge < -0.3 is 9.30 Å². The molecule has 0 radical (unpaired) electrons. The highest BCUT2D eigenvalue weighted by molar-refractivity contribution is 5.88. The summed E-state index contributed by atoms with van der Waals surface area (Å²) < 4.78 is 9.63. The van der Waals surface area contributed by atoms with Crippen molar-refractivity contribution in [3.63, 3.8) is 0 Å². The van der Waals surface area contributed by atoms with Gasteiger partial charge >= 0.3 is 0 Å². The predicted molar refractivity (Wildman–Crippen MR) is 112 cm³/mol. The summed E-state index contributed by atoms with van der Waals surface area (Å²) in [6, 6.07) is 6.54. The normalized spacial score (nSPS) is 11.8. The summed E-state index contributed by atoms with van der Waals surface area (Å²) in [4.78, 5) is 9.49. The molecule has 6 nitrogen and oxygen atoms in total. The minimum atomic E-state index is 0.444. The van der Waals surface area contributed by atoms with Crippen LogP contribution in [0.4, 0.5) is 0 Å². The summed E-state index contributed by atoms with van der Waals surface area (Å²) in [7, 11) is 1.63. The van der Waals surface area contributed by atoms with E-state index in [1.807, 2.05) is 30.5 Å². The predicted octanol–water partition coefficient (Wildman–Crippen LogP) is 5.04. The standard InChI is InChI=1S/C22H27N5O/c1-7-16(8-2)26-12-11-18-14(4)24-21-20(15(5)25-27(21)22(18)26)17-9-10-19(28-6)23-13(17)3/h9-12,16H,7-8H2,1-6H3. The van der Waals surface area contributed by atoms with E-state index in [1.165, 1.54) is 0 Å². The number of methoxy groups -OCH3 is 1. The molecule has 0 aromatic carbocycles. The van der Waals surface area contributed by atoms with Crippen molar-refractivity contribution < 1.29 is 4.74 Å². The highest BCUT2D eigenvalue weighted by atomic mass is 16.5. The van der Waals surface area contributed by atoms with Crippen LogP contribution < -0.4 is 4.74 Å². The van der Waals surface area contributed by atoms with Crippen LogP contribution in [0.15, 0.2) is 24.4 Å². The lowest BCUT2D eigenvalue weighted by molar-refractivity contribution is 0.397. The fourth-order valence-corrected chi connectivity index (χ4v) is 4.14. The Bertz CT molecular complexity index is 1170. The Balaban J connectivity index is 2.05. The molecule has 0 aliphatic carbocycles. The van der Waals surface area contributed by atoms with E-state index in [9.17, 15) is 0 Å². The summed E-state index contributed by atoms with van der Waals surface area (Å²) in [5, 5.41) is 6.05. The smallest absolute Gasteiger partial charge is 0.213 e. The molecule has 0 N–H and O–H groups in total. The van der Waals surface area contributed by atoms with Crippen molar-refractivity contribution in [2.45, 2.75) is 53.5 Å². The fraction of sp³-hybridized carbons (Fsp3) is 0.409. The Morgan fingerprint density at radius 3 is 2.36 bits per heavy atom. The monoisotopic (exact) mass is 377 g/mol. The molecule has 0 aliphatic heterocycles. The van der Waals surface area contributed by atoms with Crippen molar-refractivity contribution in [1.29, 1.82) is 0 Å². The number of rotatable bonds is 5. The van der Waals surface area contributed by atoms with Crippen molar-refractivity contribution in [1.82, 2.24) is 24.1 Å². The summed E-state index contributed by atoms with van der Waals surface area (Å²) in [6.45, 7) is 10.6. The van der Waals surface area contributed by atoms with E-state index >= 15 is 0 Å². The van der Waals surface area contributed by atoms with Crippen molar-refractivity contribution >= 4 is 16.7 Å². The molecular weight excluding hydrogens is 350 g/mol. The van der Waals surface area contributed by atoms with Gasteiger partial charge in [0.05, 0.1) is 24.1 Å². The third-order valence-electron chi connectivity index (χ3n) is 5.66. The van der Waals surface area contributed by atoms with Gasteiger partial charge in [0, 0.05) is 34.9 Å². The molecule has 4 aromatic rings. The van der Waals surface area contributed by atoms with E-state index in [0.717, 1.165) is 57.7 Å². The van der Waals surface area contributed by atoms with Gasteiger partial charge in [0.2, 0.25) is 5.88 Å². The van der Waals surface area contributed by atoms with Crippen LogP contribution in [0.2, 0.25) is 0 Å². The molecule has 0 spiro atoms. The second kappa shape index (κ2) is 6.93. The van der Waals surface area contributed by atoms with Gasteiger partial charge in [0.25, 0.3) is 0 Å². The number of ether oxygens (including phenoxy) is 1. The van der Waals surface area contributed by atoms with E-state index in [-0.39, 0.29) is 0 Å². The number of hydrogen-bond donors (Lipinski definition) is 0. The van der Waals surface area contributed by atoms with Crippen LogP contribution in [0.5, 0.6) is 5.88 Å². The van der Waals surface area contributed by atoms with Crippen LogP contribution in [0, 0.1) is 20.8 Å². The molecule has 0 bridgehead atoms. The van der Waals surface area contributed by atoms with Gasteiger partial charge in [-0.2, -0.15) is 9.61 Å². The molecule has 0 fully saturated rings. The second-order valence-corrected chi connectivity index (χ2v) is 7.31. The maximum absolute atomic E-state index is 5.27. The lowest BCUT2D eigenvalue weighted by atomic mass is 10.0. The molecule has 4 aromatic heterocycles. The van der Waals surface area contributed by atoms with Crippen molar-refractivity contribution in [3.05, 3.63) is 41.5 Å². The van der Waals surface area contributed by atoms with Gasteiger partial charge in [0.1, 0.15) is 5.65 Å². The van der Waals surface area contributed by atoms with Crippen LogP contribution >= 0.6 is 0 Å². The first-order valence-electron chi connectivity index (χ1n) is 9.88. The molecule has 28 heavy (non-hydrogen) atoms. The van der Waals surface area contributed by atoms with Crippen LogP contribution in [0.3, 0.4) is 0 Å². The van der Waals surface area contributed by atoms with E-state index in [4.69, 9.17) is 14.8 Å². The number of aryl methyl sites for hydroxylation is 3. The van der Waals surface area contributed by atoms with Gasteiger partial charge in [0.15, 0.2) is 5.65 Å². The Hall–Kier alpha value is -2.89. The molecule has 0 amide bonds. The first kappa shape index (κ1) is 18.5. The van der Waals surface area contributed by atoms with Gasteiger partial charge in [-0.05, 0) is 45.7 Å². The molecule has 146 valence electrons. The average Bonchev–Trinajstić information content (AvgIpc) is 3.25. The van der Waals surface area contributed by atoms with Crippen LogP contribution in [-0.4, -0.2) is 31.3 Å². The molecule has 0 unspecified atom stereocenters. The number of nitrogens with zero attached hydrogens (tertiary/aromatic N) is 5. The minimum absolute atomic E-state index is 0.444. The zero-order valence-electron chi connectivity index (χ0n) is 17.4. The zero-order valence-corrected chi connectivity index (χ0v) is 17.4. The fourth-order valence-electron chi connectivity index (χ4n) is 4.14. The van der Waals surface area contributed by atoms with E-state index in [2.05, 4.69) is 42.6 Å². The molecule has 0 atom stereocenters. The van der Waals surface area contributed by atoms with Crippen molar-refractivity contribution in [3.8, 4) is 17.0 Å². The molecule has 4 rings (SSSR count). The molecule has 0 saturated heterocycles.